The van der Waals surface area contributed by atoms with E-state index in [0.29, 0.717) is 0 Å². The Morgan fingerprint density at radius 3 is 2.22 bits per heavy atom. The highest BCUT2D eigenvalue weighted by molar-refractivity contribution is 7.78. The summed E-state index contributed by atoms with van der Waals surface area (Å²) >= 11 is 4.38. The number of hydrogen-bond acceptors (Lipinski definition) is 5. The summed E-state index contributed by atoms with van der Waals surface area (Å²) in [4.78, 5) is 11.1. The maximum absolute atomic E-state index is 12.1. The van der Waals surface area contributed by atoms with Gasteiger partial charge in [0.15, 0.2) is 11.5 Å². The van der Waals surface area contributed by atoms with Gasteiger partial charge in [-0.15, -0.1) is 0 Å². The number of halogens is 3. The summed E-state index contributed by atoms with van der Waals surface area (Å²) < 4.78 is 48.0. The molecule has 0 aliphatic carbocycles. The van der Waals surface area contributed by atoms with Crippen LogP contribution in [0.5, 0.6) is 11.5 Å². The Hall–Kier alpha value is -3.59. The molecule has 0 saturated heterocycles. The fourth-order valence-corrected chi connectivity index (χ4v) is 2.91. The van der Waals surface area contributed by atoms with Crippen LogP contribution < -0.4 is 20.1 Å². The van der Waals surface area contributed by atoms with Crippen LogP contribution in [0.25, 0.3) is 0 Å². The predicted molar refractivity (Wildman–Crippen MR) is 119 cm³/mol. The van der Waals surface area contributed by atoms with Crippen LogP contribution >= 0.6 is 12.2 Å². The Bertz CT molecular complexity index is 1070. The van der Waals surface area contributed by atoms with E-state index in [-0.39, 0.29) is 11.9 Å². The summed E-state index contributed by atoms with van der Waals surface area (Å²) in [7, 11) is 1.88. The number of carbonyl (C=O) groups excluding carboxylic acids is 1. The third kappa shape index (κ3) is 5.76. The van der Waals surface area contributed by atoms with Crippen molar-refractivity contribution in [1.29, 1.82) is 0 Å². The first kappa shape index (κ1) is 23.1. The second kappa shape index (κ2) is 10.1. The molecule has 9 heteroatoms. The van der Waals surface area contributed by atoms with E-state index in [0.717, 1.165) is 52.5 Å². The van der Waals surface area contributed by atoms with Gasteiger partial charge in [0.05, 0.1) is 11.1 Å². The van der Waals surface area contributed by atoms with Crippen molar-refractivity contribution >= 4 is 29.3 Å². The molecule has 166 valence electrons. The summed E-state index contributed by atoms with van der Waals surface area (Å²) in [6, 6.07) is 19.6. The van der Waals surface area contributed by atoms with E-state index in [2.05, 4.69) is 22.9 Å². The quantitative estimate of drug-likeness (QED) is 0.497. The monoisotopic (exact) mass is 460 g/mol. The molecule has 5 nitrogen and oxygen atoms in total. The van der Waals surface area contributed by atoms with Crippen molar-refractivity contribution in [1.82, 2.24) is 5.32 Å². The number of ether oxygens (including phenoxy) is 2. The predicted octanol–water partition coefficient (Wildman–Crippen LogP) is 5.59. The summed E-state index contributed by atoms with van der Waals surface area (Å²) in [6.07, 6.45) is -4.72. The molecule has 1 amide bonds. The van der Waals surface area contributed by atoms with Gasteiger partial charge >= 0.3 is 6.18 Å². The first-order valence-electron chi connectivity index (χ1n) is 9.43. The van der Waals surface area contributed by atoms with Gasteiger partial charge in [-0.3, -0.25) is 4.79 Å². The topological polar surface area (TPSA) is 59.6 Å². The van der Waals surface area contributed by atoms with E-state index in [1.165, 1.54) is 0 Å². The molecule has 0 aromatic heterocycles. The van der Waals surface area contributed by atoms with Crippen molar-refractivity contribution in [2.24, 2.45) is 0 Å². The Morgan fingerprint density at radius 2 is 1.62 bits per heavy atom. The molecule has 32 heavy (non-hydrogen) atoms. The molecule has 0 saturated carbocycles. The lowest BCUT2D eigenvalue weighted by Gasteiger charge is -2.09. The van der Waals surface area contributed by atoms with Crippen LogP contribution in [0.4, 0.5) is 18.9 Å². The molecule has 3 aromatic rings. The molecular formula is C23H19F3N2O3S. The lowest BCUT2D eigenvalue weighted by Crippen LogP contribution is -2.20. The largest absolute Gasteiger partial charge is 0.447 e. The molecule has 1 unspecified atom stereocenters. The minimum absolute atomic E-state index is 0.129. The zero-order valence-electron chi connectivity index (χ0n) is 16.8. The number of fused-ring (bicyclic) bond motifs is 1. The van der Waals surface area contributed by atoms with Gasteiger partial charge in [-0.2, -0.15) is 13.2 Å². The maximum atomic E-state index is 12.1. The number of alkyl halides is 3. The summed E-state index contributed by atoms with van der Waals surface area (Å²) in [5, 5.41) is 5.27. The molecule has 0 spiro atoms. The number of thiocarbonyl (C=S) groups is 1. The van der Waals surface area contributed by atoms with Gasteiger partial charge in [-0.05, 0) is 36.4 Å². The molecule has 1 aliphatic rings. The molecule has 0 fully saturated rings. The molecule has 1 aliphatic heterocycles. The first-order chi connectivity index (χ1) is 15.3. The van der Waals surface area contributed by atoms with Crippen molar-refractivity contribution in [2.45, 2.75) is 12.5 Å². The summed E-state index contributed by atoms with van der Waals surface area (Å²) in [5.74, 6) is 1.04. The van der Waals surface area contributed by atoms with Crippen LogP contribution in [-0.4, -0.2) is 18.4 Å². The van der Waals surface area contributed by atoms with Crippen molar-refractivity contribution in [2.75, 3.05) is 12.4 Å². The van der Waals surface area contributed by atoms with Crippen LogP contribution in [0, 0.1) is 0 Å². The van der Waals surface area contributed by atoms with Gasteiger partial charge in [0.1, 0.15) is 0 Å². The molecule has 1 atom stereocenters. The Kier molecular flexibility index (Phi) is 7.32. The lowest BCUT2D eigenvalue weighted by atomic mass is 10.1. The minimum atomic E-state index is -4.39. The zero-order chi connectivity index (χ0) is 23.1. The van der Waals surface area contributed by atoms with E-state index >= 15 is 0 Å². The highest BCUT2D eigenvalue weighted by Crippen LogP contribution is 2.41. The third-order valence-corrected chi connectivity index (χ3v) is 4.55. The van der Waals surface area contributed by atoms with Crippen molar-refractivity contribution < 1.29 is 27.4 Å². The fraction of sp³-hybridized carbons (Fsp3) is 0.130. The SMILES string of the molecule is CNc1ccc2c(c1)OC(c1ccccc1)O2.O=C(NC=S)c1ccc(C(F)(F)F)cc1. The Balaban J connectivity index is 0.000000183. The molecular weight excluding hydrogens is 441 g/mol. The van der Waals surface area contributed by atoms with Crippen LogP contribution in [0.3, 0.4) is 0 Å². The first-order valence-corrected chi connectivity index (χ1v) is 9.91. The number of rotatable bonds is 4. The van der Waals surface area contributed by atoms with E-state index in [1.807, 2.05) is 55.6 Å². The Morgan fingerprint density at radius 1 is 0.969 bits per heavy atom. The van der Waals surface area contributed by atoms with E-state index < -0.39 is 17.6 Å². The van der Waals surface area contributed by atoms with Crippen LogP contribution in [0.2, 0.25) is 0 Å². The second-order valence-corrected chi connectivity index (χ2v) is 6.79. The van der Waals surface area contributed by atoms with E-state index in [1.54, 1.807) is 0 Å². The standard InChI is InChI=1S/C14H13NO2.C9H6F3NOS/c1-15-11-7-8-12-13(9-11)17-14(16-12)10-5-3-2-4-6-10;10-9(11,12)7-3-1-6(2-4-7)8(14)13-5-15/h2-9,14-15H,1H3;1-5H,(H,13,14,15). The molecule has 3 aromatic carbocycles. The maximum Gasteiger partial charge on any atom is 0.416 e. The molecule has 0 bridgehead atoms. The fourth-order valence-electron chi connectivity index (χ4n) is 2.80. The third-order valence-electron chi connectivity index (χ3n) is 4.44. The summed E-state index contributed by atoms with van der Waals surface area (Å²) in [5.41, 5.74) is 2.38. The van der Waals surface area contributed by atoms with Crippen LogP contribution in [0.15, 0.2) is 72.8 Å². The second-order valence-electron chi connectivity index (χ2n) is 6.56. The molecule has 1 heterocycles. The summed E-state index contributed by atoms with van der Waals surface area (Å²) in [6.45, 7) is 0. The molecule has 2 N–H and O–H groups in total. The van der Waals surface area contributed by atoms with Gasteiger partial charge in [-0.25, -0.2) is 0 Å². The highest BCUT2D eigenvalue weighted by Gasteiger charge is 2.30. The normalized spacial score (nSPS) is 14.1. The van der Waals surface area contributed by atoms with Gasteiger partial charge in [0.25, 0.3) is 12.2 Å². The minimum Gasteiger partial charge on any atom is -0.447 e. The van der Waals surface area contributed by atoms with Crippen LogP contribution in [0.1, 0.15) is 27.8 Å². The lowest BCUT2D eigenvalue weighted by molar-refractivity contribution is -0.137. The van der Waals surface area contributed by atoms with Crippen molar-refractivity contribution in [3.8, 4) is 11.5 Å². The number of benzene rings is 3. The number of anilines is 1. The Labute approximate surface area is 188 Å². The smallest absolute Gasteiger partial charge is 0.416 e. The van der Waals surface area contributed by atoms with Crippen molar-refractivity contribution in [3.63, 3.8) is 0 Å². The van der Waals surface area contributed by atoms with Crippen molar-refractivity contribution in [3.05, 3.63) is 89.5 Å². The average molecular weight is 460 g/mol. The van der Waals surface area contributed by atoms with Gasteiger partial charge in [0.2, 0.25) is 0 Å². The number of nitrogens with one attached hydrogen (secondary N) is 2. The average Bonchev–Trinajstić information content (AvgIpc) is 3.23. The van der Waals surface area contributed by atoms with E-state index in [9.17, 15) is 18.0 Å². The zero-order valence-corrected chi connectivity index (χ0v) is 17.7. The van der Waals surface area contributed by atoms with Gasteiger partial charge < -0.3 is 20.1 Å². The molecule has 0 radical (unpaired) electrons. The molecule has 4 rings (SSSR count). The van der Waals surface area contributed by atoms with Gasteiger partial charge in [0, 0.05) is 29.9 Å². The number of carbonyl (C=O) groups is 1. The highest BCUT2D eigenvalue weighted by atomic mass is 32.1. The van der Waals surface area contributed by atoms with Gasteiger partial charge in [-0.1, -0.05) is 42.5 Å². The van der Waals surface area contributed by atoms with Crippen LogP contribution in [-0.2, 0) is 6.18 Å². The van der Waals surface area contributed by atoms with E-state index in [4.69, 9.17) is 9.47 Å². The number of amides is 1. The number of hydrogen-bond donors (Lipinski definition) is 2.